The Kier molecular flexibility index (Phi) is 2.07. The van der Waals surface area contributed by atoms with E-state index < -0.39 is 0 Å². The first-order valence-corrected chi connectivity index (χ1v) is 5.53. The molecule has 2 aromatic heterocycles. The van der Waals surface area contributed by atoms with E-state index in [0.717, 1.165) is 36.7 Å². The van der Waals surface area contributed by atoms with Crippen molar-refractivity contribution in [2.24, 2.45) is 0 Å². The van der Waals surface area contributed by atoms with Crippen LogP contribution >= 0.6 is 0 Å². The fraction of sp³-hybridized carbons (Fsp3) is 0.455. The third kappa shape index (κ3) is 1.44. The summed E-state index contributed by atoms with van der Waals surface area (Å²) >= 11 is 0. The number of hydrogen-bond donors (Lipinski definition) is 1. The Morgan fingerprint density at radius 3 is 3.06 bits per heavy atom. The monoisotopic (exact) mass is 217 g/mol. The summed E-state index contributed by atoms with van der Waals surface area (Å²) in [5.74, 6) is 1.54. The minimum atomic E-state index is 0.489. The van der Waals surface area contributed by atoms with Gasteiger partial charge in [-0.1, -0.05) is 0 Å². The molecule has 1 atom stereocenters. The summed E-state index contributed by atoms with van der Waals surface area (Å²) in [6.45, 7) is 2.19. The van der Waals surface area contributed by atoms with E-state index in [0.29, 0.717) is 5.92 Å². The van der Waals surface area contributed by atoms with Gasteiger partial charge in [-0.25, -0.2) is 0 Å². The summed E-state index contributed by atoms with van der Waals surface area (Å²) in [6.07, 6.45) is 3.11. The average molecular weight is 217 g/mol. The van der Waals surface area contributed by atoms with E-state index in [1.54, 1.807) is 0 Å². The standard InChI is InChI=1S/C11H15N5/c1-15-4-2-8(7-15)11-14-13-10-6-9(12)3-5-16(10)11/h3,5-6,8H,2,4,7,12H2,1H3. The van der Waals surface area contributed by atoms with Crippen LogP contribution in [0.2, 0.25) is 0 Å². The van der Waals surface area contributed by atoms with Crippen LogP contribution in [-0.4, -0.2) is 39.6 Å². The van der Waals surface area contributed by atoms with Gasteiger partial charge in [0.05, 0.1) is 0 Å². The van der Waals surface area contributed by atoms with Gasteiger partial charge in [0.15, 0.2) is 5.65 Å². The van der Waals surface area contributed by atoms with Crippen LogP contribution in [0.4, 0.5) is 5.69 Å². The highest BCUT2D eigenvalue weighted by molar-refractivity contribution is 5.51. The molecular formula is C11H15N5. The van der Waals surface area contributed by atoms with Crippen LogP contribution in [-0.2, 0) is 0 Å². The predicted molar refractivity (Wildman–Crippen MR) is 62.3 cm³/mol. The fourth-order valence-corrected chi connectivity index (χ4v) is 2.35. The van der Waals surface area contributed by atoms with Crippen LogP contribution in [0.25, 0.3) is 5.65 Å². The zero-order valence-corrected chi connectivity index (χ0v) is 9.30. The van der Waals surface area contributed by atoms with E-state index in [9.17, 15) is 0 Å². The Hall–Kier alpha value is -1.62. The Morgan fingerprint density at radius 2 is 2.31 bits per heavy atom. The number of likely N-dealkylation sites (N-methyl/N-ethyl adjacent to an activating group) is 1. The van der Waals surface area contributed by atoms with Crippen molar-refractivity contribution in [1.29, 1.82) is 0 Å². The van der Waals surface area contributed by atoms with Gasteiger partial charge in [0.25, 0.3) is 0 Å². The van der Waals surface area contributed by atoms with Crippen LogP contribution in [0.3, 0.4) is 0 Å². The quantitative estimate of drug-likeness (QED) is 0.765. The maximum atomic E-state index is 5.72. The molecule has 16 heavy (non-hydrogen) atoms. The van der Waals surface area contributed by atoms with Crippen LogP contribution in [0.15, 0.2) is 18.3 Å². The molecule has 0 aliphatic carbocycles. The number of anilines is 1. The van der Waals surface area contributed by atoms with Crippen molar-refractivity contribution in [3.05, 3.63) is 24.2 Å². The third-order valence-electron chi connectivity index (χ3n) is 3.22. The molecule has 0 saturated carbocycles. The number of nitrogens with two attached hydrogens (primary N) is 1. The molecule has 0 radical (unpaired) electrons. The highest BCUT2D eigenvalue weighted by Gasteiger charge is 2.25. The molecule has 84 valence electrons. The minimum absolute atomic E-state index is 0.489. The molecule has 2 N–H and O–H groups in total. The second-order valence-electron chi connectivity index (χ2n) is 4.49. The first kappa shape index (κ1) is 9.59. The Balaban J connectivity index is 2.04. The van der Waals surface area contributed by atoms with Crippen LogP contribution in [0.1, 0.15) is 18.2 Å². The summed E-state index contributed by atoms with van der Waals surface area (Å²) in [5.41, 5.74) is 7.29. The third-order valence-corrected chi connectivity index (χ3v) is 3.22. The maximum absolute atomic E-state index is 5.72. The number of rotatable bonds is 1. The van der Waals surface area contributed by atoms with Gasteiger partial charge in [-0.05, 0) is 26.1 Å². The number of fused-ring (bicyclic) bond motifs is 1. The summed E-state index contributed by atoms with van der Waals surface area (Å²) in [5, 5.41) is 8.45. The molecule has 0 bridgehead atoms. The lowest BCUT2D eigenvalue weighted by molar-refractivity contribution is 0.409. The number of likely N-dealkylation sites (tertiary alicyclic amines) is 1. The molecule has 5 nitrogen and oxygen atoms in total. The van der Waals surface area contributed by atoms with E-state index in [1.165, 1.54) is 0 Å². The van der Waals surface area contributed by atoms with Crippen molar-refractivity contribution < 1.29 is 0 Å². The molecule has 0 amide bonds. The molecular weight excluding hydrogens is 202 g/mol. The van der Waals surface area contributed by atoms with Gasteiger partial charge in [-0.3, -0.25) is 4.40 Å². The second kappa shape index (κ2) is 3.45. The van der Waals surface area contributed by atoms with Crippen LogP contribution in [0.5, 0.6) is 0 Å². The van der Waals surface area contributed by atoms with Gasteiger partial charge in [0.1, 0.15) is 5.82 Å². The highest BCUT2D eigenvalue weighted by Crippen LogP contribution is 2.25. The smallest absolute Gasteiger partial charge is 0.162 e. The van der Waals surface area contributed by atoms with E-state index in [1.807, 2.05) is 22.7 Å². The van der Waals surface area contributed by atoms with Gasteiger partial charge >= 0.3 is 0 Å². The molecule has 1 unspecified atom stereocenters. The lowest BCUT2D eigenvalue weighted by atomic mass is 10.1. The zero-order valence-electron chi connectivity index (χ0n) is 9.30. The molecule has 2 aromatic rings. The largest absolute Gasteiger partial charge is 0.399 e. The van der Waals surface area contributed by atoms with Crippen molar-refractivity contribution >= 4 is 11.3 Å². The van der Waals surface area contributed by atoms with Crippen molar-refractivity contribution in [3.63, 3.8) is 0 Å². The number of aromatic nitrogens is 3. The molecule has 1 fully saturated rings. The fourth-order valence-electron chi connectivity index (χ4n) is 2.35. The predicted octanol–water partition coefficient (Wildman–Crippen LogP) is 0.731. The van der Waals surface area contributed by atoms with Crippen LogP contribution < -0.4 is 5.73 Å². The Bertz CT molecular complexity index is 518. The summed E-state index contributed by atoms with van der Waals surface area (Å²) in [7, 11) is 2.14. The van der Waals surface area contributed by atoms with E-state index in [-0.39, 0.29) is 0 Å². The summed E-state index contributed by atoms with van der Waals surface area (Å²) < 4.78 is 2.04. The van der Waals surface area contributed by atoms with Gasteiger partial charge in [0, 0.05) is 30.4 Å². The Morgan fingerprint density at radius 1 is 1.44 bits per heavy atom. The lowest BCUT2D eigenvalue weighted by Crippen LogP contribution is -2.14. The molecule has 5 heteroatoms. The van der Waals surface area contributed by atoms with Crippen molar-refractivity contribution in [2.75, 3.05) is 25.9 Å². The van der Waals surface area contributed by atoms with Crippen molar-refractivity contribution in [3.8, 4) is 0 Å². The molecule has 1 aliphatic rings. The normalized spacial score (nSPS) is 21.9. The summed E-state index contributed by atoms with van der Waals surface area (Å²) in [4.78, 5) is 2.32. The first-order valence-electron chi connectivity index (χ1n) is 5.53. The van der Waals surface area contributed by atoms with E-state index in [2.05, 4.69) is 22.1 Å². The van der Waals surface area contributed by atoms with Crippen molar-refractivity contribution in [2.45, 2.75) is 12.3 Å². The first-order chi connectivity index (χ1) is 7.74. The van der Waals surface area contributed by atoms with Gasteiger partial charge in [-0.15, -0.1) is 10.2 Å². The molecule has 1 saturated heterocycles. The topological polar surface area (TPSA) is 59.5 Å². The van der Waals surface area contributed by atoms with E-state index >= 15 is 0 Å². The molecule has 0 aromatic carbocycles. The lowest BCUT2D eigenvalue weighted by Gasteiger charge is -2.08. The van der Waals surface area contributed by atoms with Crippen molar-refractivity contribution in [1.82, 2.24) is 19.5 Å². The van der Waals surface area contributed by atoms with Gasteiger partial charge in [-0.2, -0.15) is 0 Å². The SMILES string of the molecule is CN1CCC(c2nnc3cc(N)ccn23)C1. The van der Waals surface area contributed by atoms with E-state index in [4.69, 9.17) is 5.73 Å². The van der Waals surface area contributed by atoms with Gasteiger partial charge in [0.2, 0.25) is 0 Å². The number of nitrogens with zero attached hydrogens (tertiary/aromatic N) is 4. The molecule has 1 aliphatic heterocycles. The molecule has 3 rings (SSSR count). The second-order valence-corrected chi connectivity index (χ2v) is 4.49. The summed E-state index contributed by atoms with van der Waals surface area (Å²) in [6, 6.07) is 3.74. The molecule has 0 spiro atoms. The molecule has 3 heterocycles. The van der Waals surface area contributed by atoms with Gasteiger partial charge < -0.3 is 10.6 Å². The number of nitrogen functional groups attached to an aromatic ring is 1. The zero-order chi connectivity index (χ0) is 11.1. The Labute approximate surface area is 93.9 Å². The number of pyridine rings is 1. The maximum Gasteiger partial charge on any atom is 0.162 e. The highest BCUT2D eigenvalue weighted by atomic mass is 15.3. The number of hydrogen-bond acceptors (Lipinski definition) is 4. The average Bonchev–Trinajstić information content (AvgIpc) is 2.83. The van der Waals surface area contributed by atoms with Crippen LogP contribution in [0, 0.1) is 0 Å². The minimum Gasteiger partial charge on any atom is -0.399 e.